The summed E-state index contributed by atoms with van der Waals surface area (Å²) in [7, 11) is 0. The molecule has 4 aromatic carbocycles. The van der Waals surface area contributed by atoms with Gasteiger partial charge in [-0.3, -0.25) is 4.79 Å². The first-order valence-corrected chi connectivity index (χ1v) is 21.7. The van der Waals surface area contributed by atoms with E-state index in [1.807, 2.05) is 30.3 Å². The number of hydrogen-bond donors (Lipinski definition) is 2. The van der Waals surface area contributed by atoms with Gasteiger partial charge in [-0.2, -0.15) is 0 Å². The summed E-state index contributed by atoms with van der Waals surface area (Å²) in [5.41, 5.74) is 19.7. The van der Waals surface area contributed by atoms with E-state index in [0.29, 0.717) is 11.1 Å². The molecule has 8 bridgehead atoms. The van der Waals surface area contributed by atoms with Crippen LogP contribution >= 0.6 is 0 Å². The molecule has 5 heteroatoms. The smallest absolute Gasteiger partial charge is 0.195 e. The summed E-state index contributed by atoms with van der Waals surface area (Å²) < 4.78 is 0. The molecule has 0 fully saturated rings. The normalized spacial score (nSPS) is 13.5. The van der Waals surface area contributed by atoms with Gasteiger partial charge in [0.1, 0.15) is 0 Å². The molecule has 3 aromatic heterocycles. The Morgan fingerprint density at radius 1 is 0.387 bits per heavy atom. The fourth-order valence-electron chi connectivity index (χ4n) is 9.11. The van der Waals surface area contributed by atoms with Crippen molar-refractivity contribution < 1.29 is 4.79 Å². The molecule has 0 saturated carbocycles. The van der Waals surface area contributed by atoms with Gasteiger partial charge in [0.05, 0.1) is 28.3 Å². The van der Waals surface area contributed by atoms with Crippen molar-refractivity contribution in [3.8, 4) is 44.5 Å². The molecular formula is C57H52N4O. The van der Waals surface area contributed by atoms with Crippen LogP contribution in [0.1, 0.15) is 118 Å². The minimum absolute atomic E-state index is 0.00461. The number of hydrogen-bond acceptors (Lipinski definition) is 3. The van der Waals surface area contributed by atoms with E-state index in [2.05, 4.69) is 182 Å². The van der Waals surface area contributed by atoms with E-state index in [4.69, 9.17) is 9.97 Å². The van der Waals surface area contributed by atoms with Crippen molar-refractivity contribution in [2.24, 2.45) is 0 Å². The predicted octanol–water partition coefficient (Wildman–Crippen LogP) is 14.8. The molecule has 10 rings (SSSR count). The SMILES string of the molecule is CC(C)(C)c1ccc(-c2c3nc(c(-c4ccc(C(C)(C)C)cc4)c4ccc([nH]4)c(-c4ccc(C(C)(C)C)cc4)c4cc5c([nH]4)c(c4nc2C=C4)-c2ccccc2C5=O)C=C3)cc1. The number of aromatic amines is 2. The summed E-state index contributed by atoms with van der Waals surface area (Å²) in [5.74, 6) is -0.00475. The van der Waals surface area contributed by atoms with E-state index >= 15 is 0 Å². The lowest BCUT2D eigenvalue weighted by Crippen LogP contribution is -2.10. The van der Waals surface area contributed by atoms with Gasteiger partial charge in [0, 0.05) is 49.9 Å². The van der Waals surface area contributed by atoms with Crippen LogP contribution in [0.4, 0.5) is 0 Å². The summed E-state index contributed by atoms with van der Waals surface area (Å²) in [6.45, 7) is 20.2. The zero-order valence-corrected chi connectivity index (χ0v) is 37.1. The van der Waals surface area contributed by atoms with Gasteiger partial charge in [-0.05, 0) is 97.7 Å². The van der Waals surface area contributed by atoms with Crippen molar-refractivity contribution in [1.82, 2.24) is 19.9 Å². The van der Waals surface area contributed by atoms with Crippen LogP contribution in [-0.4, -0.2) is 25.7 Å². The molecule has 0 atom stereocenters. The van der Waals surface area contributed by atoms with E-state index in [-0.39, 0.29) is 22.0 Å². The Balaban J connectivity index is 1.37. The molecule has 2 N–H and O–H groups in total. The van der Waals surface area contributed by atoms with Crippen LogP contribution in [0.3, 0.4) is 0 Å². The van der Waals surface area contributed by atoms with Crippen molar-refractivity contribution in [2.75, 3.05) is 0 Å². The summed E-state index contributed by atoms with van der Waals surface area (Å²) in [4.78, 5) is 33.2. The highest BCUT2D eigenvalue weighted by atomic mass is 16.1. The Morgan fingerprint density at radius 2 is 0.790 bits per heavy atom. The highest BCUT2D eigenvalue weighted by Crippen LogP contribution is 2.43. The van der Waals surface area contributed by atoms with Crippen LogP contribution in [0.2, 0.25) is 0 Å². The molecule has 306 valence electrons. The first-order valence-electron chi connectivity index (χ1n) is 21.7. The molecule has 0 saturated heterocycles. The quantitative estimate of drug-likeness (QED) is 0.187. The highest BCUT2D eigenvalue weighted by molar-refractivity contribution is 6.24. The first-order chi connectivity index (χ1) is 29.5. The lowest BCUT2D eigenvalue weighted by atomic mass is 9.86. The number of H-pyrrole nitrogens is 2. The Labute approximate surface area is 364 Å². The van der Waals surface area contributed by atoms with Crippen LogP contribution in [0.25, 0.3) is 90.9 Å². The van der Waals surface area contributed by atoms with Crippen LogP contribution in [-0.2, 0) is 16.2 Å². The lowest BCUT2D eigenvalue weighted by molar-refractivity contribution is 0.104. The maximum atomic E-state index is 14.5. The molecule has 0 radical (unpaired) electrons. The van der Waals surface area contributed by atoms with Crippen molar-refractivity contribution >= 4 is 52.2 Å². The fraction of sp³-hybridized carbons (Fsp3) is 0.211. The van der Waals surface area contributed by atoms with Crippen molar-refractivity contribution in [3.63, 3.8) is 0 Å². The molecule has 3 aliphatic rings. The Hall–Kier alpha value is -6.85. The third kappa shape index (κ3) is 6.68. The van der Waals surface area contributed by atoms with Crippen LogP contribution in [0.5, 0.6) is 0 Å². The topological polar surface area (TPSA) is 74.4 Å². The number of rotatable bonds is 3. The summed E-state index contributed by atoms with van der Waals surface area (Å²) in [5, 5.41) is 0. The fourth-order valence-corrected chi connectivity index (χ4v) is 9.11. The Kier molecular flexibility index (Phi) is 8.94. The van der Waals surface area contributed by atoms with Gasteiger partial charge < -0.3 is 9.97 Å². The van der Waals surface area contributed by atoms with Gasteiger partial charge in [0.15, 0.2) is 5.78 Å². The van der Waals surface area contributed by atoms with Gasteiger partial charge in [-0.1, -0.05) is 159 Å². The number of nitrogens with one attached hydrogen (secondary N) is 2. The van der Waals surface area contributed by atoms with Crippen molar-refractivity contribution in [1.29, 1.82) is 0 Å². The van der Waals surface area contributed by atoms with Crippen LogP contribution < -0.4 is 0 Å². The molecule has 0 spiro atoms. The van der Waals surface area contributed by atoms with E-state index in [1.165, 1.54) is 16.7 Å². The van der Waals surface area contributed by atoms with E-state index in [1.54, 1.807) is 0 Å². The second-order valence-electron chi connectivity index (χ2n) is 20.0. The largest absolute Gasteiger partial charge is 0.354 e. The van der Waals surface area contributed by atoms with Gasteiger partial charge in [0.2, 0.25) is 0 Å². The monoisotopic (exact) mass is 808 g/mol. The van der Waals surface area contributed by atoms with Crippen LogP contribution in [0, 0.1) is 0 Å². The number of carbonyl (C=O) groups is 1. The molecule has 5 heterocycles. The van der Waals surface area contributed by atoms with Gasteiger partial charge in [-0.15, -0.1) is 0 Å². The van der Waals surface area contributed by atoms with Gasteiger partial charge in [0.25, 0.3) is 0 Å². The van der Waals surface area contributed by atoms with E-state index < -0.39 is 0 Å². The van der Waals surface area contributed by atoms with Gasteiger partial charge >= 0.3 is 0 Å². The molecule has 0 amide bonds. The van der Waals surface area contributed by atoms with E-state index in [0.717, 1.165) is 89.4 Å². The zero-order chi connectivity index (χ0) is 43.3. The van der Waals surface area contributed by atoms with Crippen molar-refractivity contribution in [2.45, 2.75) is 78.6 Å². The van der Waals surface area contributed by atoms with Crippen LogP contribution in [0.15, 0.2) is 115 Å². The summed E-state index contributed by atoms with van der Waals surface area (Å²) in [6, 6.07) is 40.9. The molecular weight excluding hydrogens is 757 g/mol. The Morgan fingerprint density at radius 3 is 1.27 bits per heavy atom. The highest BCUT2D eigenvalue weighted by Gasteiger charge is 2.29. The summed E-state index contributed by atoms with van der Waals surface area (Å²) >= 11 is 0. The predicted molar refractivity (Wildman–Crippen MR) is 260 cm³/mol. The maximum absolute atomic E-state index is 14.5. The average molecular weight is 809 g/mol. The molecule has 5 nitrogen and oxygen atoms in total. The molecule has 62 heavy (non-hydrogen) atoms. The number of benzene rings is 4. The number of aromatic nitrogens is 4. The Bertz CT molecular complexity index is 3200. The van der Waals surface area contributed by atoms with E-state index in [9.17, 15) is 4.79 Å². The third-order valence-corrected chi connectivity index (χ3v) is 12.7. The summed E-state index contributed by atoms with van der Waals surface area (Å²) in [6.07, 6.45) is 8.47. The number of ketones is 1. The molecule has 2 aliphatic heterocycles. The maximum Gasteiger partial charge on any atom is 0.195 e. The number of carbonyl (C=O) groups excluding carboxylic acids is 1. The zero-order valence-electron chi connectivity index (χ0n) is 37.1. The lowest BCUT2D eigenvalue weighted by Gasteiger charge is -2.19. The minimum atomic E-state index is -0.00673. The second-order valence-corrected chi connectivity index (χ2v) is 20.0. The number of fused-ring (bicyclic) bond motifs is 10. The number of nitrogens with zero attached hydrogens (tertiary/aromatic N) is 2. The standard InChI is InChI=1S/C57H52N4O/c1-55(2,3)36-20-14-33(15-21-36)49-42-26-27-43(58-42)50(34-16-22-37(23-17-34)56(4,5)6)45-30-31-47(60-45)52-39-12-10-11-13-40(39)54(62)41-32-48(61-53(41)52)51(46-29-28-44(49)59-46)35-18-24-38(25-19-35)57(7,8)9/h10-32,59,61H,1-9H3. The van der Waals surface area contributed by atoms with Gasteiger partial charge in [-0.25, -0.2) is 9.97 Å². The first kappa shape index (κ1) is 39.3. The van der Waals surface area contributed by atoms with Crippen molar-refractivity contribution in [3.05, 3.63) is 166 Å². The molecule has 1 aliphatic carbocycles. The molecule has 0 unspecified atom stereocenters. The second kappa shape index (κ2) is 14.1. The third-order valence-electron chi connectivity index (χ3n) is 12.7. The minimum Gasteiger partial charge on any atom is -0.354 e. The molecule has 7 aromatic rings. The average Bonchev–Trinajstić information content (AvgIpc) is 4.08.